The molecule has 4 nitrogen and oxygen atoms in total. The molecule has 2 aromatic carbocycles. The molecular formula is C14H12ClNO3. The number of phenols is 2. The lowest BCUT2D eigenvalue weighted by atomic mass is 10.1. The lowest BCUT2D eigenvalue weighted by molar-refractivity contribution is 0.102. The molecule has 19 heavy (non-hydrogen) atoms. The number of halogens is 1. The van der Waals surface area contributed by atoms with Crippen molar-refractivity contribution < 1.29 is 15.0 Å². The summed E-state index contributed by atoms with van der Waals surface area (Å²) in [6, 6.07) is 11.0. The van der Waals surface area contributed by atoms with Crippen molar-refractivity contribution in [3.8, 4) is 11.5 Å². The van der Waals surface area contributed by atoms with Crippen molar-refractivity contribution in [3.05, 3.63) is 53.6 Å². The van der Waals surface area contributed by atoms with Crippen LogP contribution in [-0.4, -0.2) is 16.1 Å². The summed E-state index contributed by atoms with van der Waals surface area (Å²) in [5.74, 6) is -0.540. The van der Waals surface area contributed by atoms with E-state index in [4.69, 9.17) is 11.6 Å². The number of benzene rings is 2. The van der Waals surface area contributed by atoms with Crippen LogP contribution in [0.5, 0.6) is 11.5 Å². The van der Waals surface area contributed by atoms with E-state index in [9.17, 15) is 15.0 Å². The number of rotatable bonds is 3. The Kier molecular flexibility index (Phi) is 3.92. The van der Waals surface area contributed by atoms with Crippen molar-refractivity contribution in [1.82, 2.24) is 0 Å². The average Bonchev–Trinajstić information content (AvgIpc) is 2.42. The smallest absolute Gasteiger partial charge is 0.255 e. The highest BCUT2D eigenvalue weighted by atomic mass is 35.5. The maximum atomic E-state index is 11.9. The van der Waals surface area contributed by atoms with Crippen LogP contribution in [0.25, 0.3) is 0 Å². The van der Waals surface area contributed by atoms with Gasteiger partial charge in [0.25, 0.3) is 5.91 Å². The zero-order valence-corrected chi connectivity index (χ0v) is 10.7. The van der Waals surface area contributed by atoms with Crippen LogP contribution in [0, 0.1) is 0 Å². The number of phenolic OH excluding ortho intramolecular Hbond substituents is 2. The number of amides is 1. The van der Waals surface area contributed by atoms with Crippen LogP contribution < -0.4 is 5.32 Å². The van der Waals surface area contributed by atoms with Gasteiger partial charge >= 0.3 is 0 Å². The van der Waals surface area contributed by atoms with E-state index in [1.807, 2.05) is 12.1 Å². The molecular weight excluding hydrogens is 266 g/mol. The monoisotopic (exact) mass is 277 g/mol. The molecule has 0 saturated carbocycles. The maximum absolute atomic E-state index is 11.9. The number of carbonyl (C=O) groups is 1. The molecule has 0 aliphatic heterocycles. The molecule has 0 atom stereocenters. The Bertz CT molecular complexity index is 596. The topological polar surface area (TPSA) is 69.6 Å². The van der Waals surface area contributed by atoms with Crippen molar-refractivity contribution in [2.45, 2.75) is 5.88 Å². The highest BCUT2D eigenvalue weighted by molar-refractivity contribution is 6.17. The Morgan fingerprint density at radius 1 is 1.05 bits per heavy atom. The van der Waals surface area contributed by atoms with E-state index in [1.165, 1.54) is 18.2 Å². The van der Waals surface area contributed by atoms with Gasteiger partial charge in [0.15, 0.2) is 11.5 Å². The predicted molar refractivity (Wildman–Crippen MR) is 73.7 cm³/mol. The van der Waals surface area contributed by atoms with E-state index in [0.29, 0.717) is 11.6 Å². The fourth-order valence-corrected chi connectivity index (χ4v) is 1.72. The second-order valence-electron chi connectivity index (χ2n) is 3.99. The van der Waals surface area contributed by atoms with Crippen LogP contribution >= 0.6 is 11.6 Å². The van der Waals surface area contributed by atoms with Crippen LogP contribution in [0.4, 0.5) is 5.69 Å². The largest absolute Gasteiger partial charge is 0.504 e. The van der Waals surface area contributed by atoms with Gasteiger partial charge in [-0.25, -0.2) is 0 Å². The highest BCUT2D eigenvalue weighted by Gasteiger charge is 2.09. The molecule has 98 valence electrons. The first-order valence-electron chi connectivity index (χ1n) is 5.58. The van der Waals surface area contributed by atoms with Gasteiger partial charge in [-0.3, -0.25) is 4.79 Å². The van der Waals surface area contributed by atoms with E-state index in [0.717, 1.165) is 5.56 Å². The number of nitrogens with one attached hydrogen (secondary N) is 1. The van der Waals surface area contributed by atoms with E-state index in [-0.39, 0.29) is 23.0 Å². The zero-order chi connectivity index (χ0) is 13.8. The molecule has 0 spiro atoms. The van der Waals surface area contributed by atoms with Gasteiger partial charge in [0.1, 0.15) is 0 Å². The van der Waals surface area contributed by atoms with E-state index < -0.39 is 0 Å². The minimum absolute atomic E-state index is 0.261. The standard InChI is InChI=1S/C14H12ClNO3/c15-8-9-1-4-11(5-2-9)16-14(19)10-3-6-12(17)13(18)7-10/h1-7,17-18H,8H2,(H,16,19). The number of alkyl halides is 1. The summed E-state index contributed by atoms with van der Waals surface area (Å²) in [6.45, 7) is 0. The second-order valence-corrected chi connectivity index (χ2v) is 4.26. The first-order valence-corrected chi connectivity index (χ1v) is 6.12. The summed E-state index contributed by atoms with van der Waals surface area (Å²) in [5, 5.41) is 21.2. The summed E-state index contributed by atoms with van der Waals surface area (Å²) in [5.41, 5.74) is 1.85. The Balaban J connectivity index is 2.13. The summed E-state index contributed by atoms with van der Waals surface area (Å²) >= 11 is 5.67. The first-order chi connectivity index (χ1) is 9.10. The number of hydrogen-bond donors (Lipinski definition) is 3. The molecule has 0 fully saturated rings. The lowest BCUT2D eigenvalue weighted by Crippen LogP contribution is -2.11. The van der Waals surface area contributed by atoms with Crippen molar-refractivity contribution in [2.75, 3.05) is 5.32 Å². The van der Waals surface area contributed by atoms with Gasteiger partial charge in [0.05, 0.1) is 0 Å². The summed E-state index contributed by atoms with van der Waals surface area (Å²) < 4.78 is 0. The van der Waals surface area contributed by atoms with Crippen molar-refractivity contribution in [1.29, 1.82) is 0 Å². The number of carbonyl (C=O) groups excluding carboxylic acids is 1. The molecule has 0 aliphatic rings. The fraction of sp³-hybridized carbons (Fsp3) is 0.0714. The molecule has 0 aliphatic carbocycles. The van der Waals surface area contributed by atoms with Gasteiger partial charge in [-0.2, -0.15) is 0 Å². The normalized spacial score (nSPS) is 10.2. The molecule has 1 amide bonds. The first kappa shape index (κ1) is 13.2. The van der Waals surface area contributed by atoms with Crippen LogP contribution in [-0.2, 0) is 5.88 Å². The minimum atomic E-state index is -0.367. The lowest BCUT2D eigenvalue weighted by Gasteiger charge is -2.06. The van der Waals surface area contributed by atoms with Crippen molar-refractivity contribution >= 4 is 23.2 Å². The maximum Gasteiger partial charge on any atom is 0.255 e. The molecule has 3 N–H and O–H groups in total. The Hall–Kier alpha value is -2.20. The summed E-state index contributed by atoms with van der Waals surface area (Å²) in [6.07, 6.45) is 0. The second kappa shape index (κ2) is 5.63. The molecule has 0 radical (unpaired) electrons. The van der Waals surface area contributed by atoms with E-state index in [2.05, 4.69) is 5.32 Å². The zero-order valence-electron chi connectivity index (χ0n) is 9.93. The molecule has 0 bridgehead atoms. The van der Waals surface area contributed by atoms with Gasteiger partial charge in [-0.1, -0.05) is 12.1 Å². The third-order valence-electron chi connectivity index (χ3n) is 2.60. The van der Waals surface area contributed by atoms with Gasteiger partial charge < -0.3 is 15.5 Å². The van der Waals surface area contributed by atoms with Crippen LogP contribution in [0.1, 0.15) is 15.9 Å². The molecule has 0 unspecified atom stereocenters. The van der Waals surface area contributed by atoms with Crippen LogP contribution in [0.2, 0.25) is 0 Å². The van der Waals surface area contributed by atoms with Gasteiger partial charge in [0.2, 0.25) is 0 Å². The van der Waals surface area contributed by atoms with Gasteiger partial charge in [-0.15, -0.1) is 11.6 Å². The Labute approximate surface area is 115 Å². The molecule has 0 saturated heterocycles. The van der Waals surface area contributed by atoms with Gasteiger partial charge in [-0.05, 0) is 35.9 Å². The molecule has 5 heteroatoms. The molecule has 2 rings (SSSR count). The van der Waals surface area contributed by atoms with Crippen molar-refractivity contribution in [2.24, 2.45) is 0 Å². The van der Waals surface area contributed by atoms with Gasteiger partial charge in [0, 0.05) is 17.1 Å². The number of anilines is 1. The summed E-state index contributed by atoms with van der Waals surface area (Å²) in [7, 11) is 0. The van der Waals surface area contributed by atoms with E-state index in [1.54, 1.807) is 12.1 Å². The van der Waals surface area contributed by atoms with Crippen LogP contribution in [0.15, 0.2) is 42.5 Å². The molecule has 0 aromatic heterocycles. The van der Waals surface area contributed by atoms with E-state index >= 15 is 0 Å². The predicted octanol–water partition coefficient (Wildman–Crippen LogP) is 3.09. The highest BCUT2D eigenvalue weighted by Crippen LogP contribution is 2.25. The molecule has 0 heterocycles. The fourth-order valence-electron chi connectivity index (χ4n) is 1.55. The quantitative estimate of drug-likeness (QED) is 0.596. The average molecular weight is 278 g/mol. The number of aromatic hydroxyl groups is 2. The SMILES string of the molecule is O=C(Nc1ccc(CCl)cc1)c1ccc(O)c(O)c1. The Morgan fingerprint density at radius 2 is 1.74 bits per heavy atom. The Morgan fingerprint density at radius 3 is 2.32 bits per heavy atom. The summed E-state index contributed by atoms with van der Waals surface area (Å²) in [4.78, 5) is 11.9. The van der Waals surface area contributed by atoms with Crippen molar-refractivity contribution in [3.63, 3.8) is 0 Å². The molecule has 2 aromatic rings. The van der Waals surface area contributed by atoms with Crippen LogP contribution in [0.3, 0.4) is 0 Å². The third kappa shape index (κ3) is 3.17. The third-order valence-corrected chi connectivity index (χ3v) is 2.91. The minimum Gasteiger partial charge on any atom is -0.504 e. The number of hydrogen-bond acceptors (Lipinski definition) is 3.